The molecule has 2 unspecified atom stereocenters. The summed E-state index contributed by atoms with van der Waals surface area (Å²) in [5, 5.41) is 0.234. The third-order valence-electron chi connectivity index (χ3n) is 3.94. The van der Waals surface area contributed by atoms with Crippen molar-refractivity contribution in [1.82, 2.24) is 4.90 Å². The summed E-state index contributed by atoms with van der Waals surface area (Å²) in [7, 11) is 2.09. The fraction of sp³-hybridized carbons (Fsp3) is 0.600. The van der Waals surface area contributed by atoms with Crippen LogP contribution in [0.3, 0.4) is 0 Å². The molecule has 1 nitrogen and oxygen atoms in total. The zero-order valence-electron chi connectivity index (χ0n) is 11.1. The predicted molar refractivity (Wildman–Crippen MR) is 74.5 cm³/mol. The highest BCUT2D eigenvalue weighted by molar-refractivity contribution is 6.21. The van der Waals surface area contributed by atoms with Crippen LogP contribution in [0.25, 0.3) is 0 Å². The molecule has 0 aliphatic heterocycles. The van der Waals surface area contributed by atoms with E-state index in [1.54, 1.807) is 6.07 Å². The highest BCUT2D eigenvalue weighted by atomic mass is 35.5. The number of nitrogens with zero attached hydrogens (tertiary/aromatic N) is 1. The first-order valence-electron chi connectivity index (χ1n) is 6.67. The van der Waals surface area contributed by atoms with Crippen molar-refractivity contribution in [3.8, 4) is 0 Å². The average molecular weight is 270 g/mol. The topological polar surface area (TPSA) is 3.24 Å². The Labute approximate surface area is 114 Å². The van der Waals surface area contributed by atoms with E-state index in [-0.39, 0.29) is 11.2 Å². The van der Waals surface area contributed by atoms with Gasteiger partial charge in [-0.1, -0.05) is 18.9 Å². The molecule has 1 saturated carbocycles. The zero-order valence-corrected chi connectivity index (χ0v) is 11.9. The quantitative estimate of drug-likeness (QED) is 0.747. The average Bonchev–Trinajstić information content (AvgIpc) is 2.34. The van der Waals surface area contributed by atoms with Crippen LogP contribution in [-0.4, -0.2) is 23.4 Å². The van der Waals surface area contributed by atoms with E-state index >= 15 is 0 Å². The number of alkyl halides is 1. The Morgan fingerprint density at radius 2 is 2.06 bits per heavy atom. The van der Waals surface area contributed by atoms with Crippen molar-refractivity contribution in [2.24, 2.45) is 0 Å². The van der Waals surface area contributed by atoms with Gasteiger partial charge in [-0.05, 0) is 50.1 Å². The molecular formula is C15H21ClFN. The molecule has 0 N–H and O–H groups in total. The fourth-order valence-electron chi connectivity index (χ4n) is 2.76. The van der Waals surface area contributed by atoms with Crippen LogP contribution in [0.5, 0.6) is 0 Å². The molecule has 0 bridgehead atoms. The van der Waals surface area contributed by atoms with E-state index in [1.165, 1.54) is 18.9 Å². The Morgan fingerprint density at radius 3 is 2.78 bits per heavy atom. The third kappa shape index (κ3) is 3.24. The first kappa shape index (κ1) is 13.8. The van der Waals surface area contributed by atoms with E-state index < -0.39 is 0 Å². The van der Waals surface area contributed by atoms with Crippen molar-refractivity contribution in [2.75, 3.05) is 7.05 Å². The molecule has 0 saturated heterocycles. The highest BCUT2D eigenvalue weighted by Gasteiger charge is 2.26. The molecule has 18 heavy (non-hydrogen) atoms. The molecule has 0 spiro atoms. The van der Waals surface area contributed by atoms with Crippen molar-refractivity contribution in [3.05, 3.63) is 35.1 Å². The number of benzene rings is 1. The fourth-order valence-corrected chi connectivity index (χ4v) is 3.23. The van der Waals surface area contributed by atoms with Gasteiger partial charge in [0.2, 0.25) is 0 Å². The minimum Gasteiger partial charge on any atom is -0.298 e. The van der Waals surface area contributed by atoms with Crippen molar-refractivity contribution in [2.45, 2.75) is 50.6 Å². The Kier molecular flexibility index (Phi) is 4.63. The summed E-state index contributed by atoms with van der Waals surface area (Å²) in [4.78, 5) is 2.28. The van der Waals surface area contributed by atoms with Gasteiger partial charge in [-0.25, -0.2) is 4.39 Å². The summed E-state index contributed by atoms with van der Waals surface area (Å²) in [6.45, 7) is 2.80. The van der Waals surface area contributed by atoms with Crippen molar-refractivity contribution < 1.29 is 4.39 Å². The highest BCUT2D eigenvalue weighted by Crippen LogP contribution is 2.27. The third-order valence-corrected chi connectivity index (χ3v) is 4.45. The lowest BCUT2D eigenvalue weighted by Crippen LogP contribution is -2.40. The van der Waals surface area contributed by atoms with E-state index in [0.29, 0.717) is 6.04 Å². The molecule has 1 aliphatic carbocycles. The van der Waals surface area contributed by atoms with Crippen LogP contribution in [0, 0.1) is 12.7 Å². The van der Waals surface area contributed by atoms with Gasteiger partial charge in [0.1, 0.15) is 5.82 Å². The summed E-state index contributed by atoms with van der Waals surface area (Å²) >= 11 is 6.40. The summed E-state index contributed by atoms with van der Waals surface area (Å²) in [6.07, 6.45) is 4.73. The Hall–Kier alpha value is -0.600. The first-order chi connectivity index (χ1) is 8.58. The lowest BCUT2D eigenvalue weighted by Gasteiger charge is -2.35. The van der Waals surface area contributed by atoms with E-state index in [1.807, 2.05) is 13.0 Å². The van der Waals surface area contributed by atoms with Crippen LogP contribution < -0.4 is 0 Å². The van der Waals surface area contributed by atoms with Gasteiger partial charge >= 0.3 is 0 Å². The van der Waals surface area contributed by atoms with Crippen LogP contribution >= 0.6 is 11.6 Å². The molecular weight excluding hydrogens is 249 g/mol. The molecule has 2 rings (SSSR count). The number of hydrogen-bond acceptors (Lipinski definition) is 1. The maximum atomic E-state index is 13.3. The number of aryl methyl sites for hydroxylation is 1. The van der Waals surface area contributed by atoms with Gasteiger partial charge in [-0.3, -0.25) is 4.90 Å². The monoisotopic (exact) mass is 269 g/mol. The first-order valence-corrected chi connectivity index (χ1v) is 7.11. The van der Waals surface area contributed by atoms with Gasteiger partial charge in [-0.2, -0.15) is 0 Å². The maximum Gasteiger partial charge on any atom is 0.123 e. The lowest BCUT2D eigenvalue weighted by molar-refractivity contribution is 0.188. The lowest BCUT2D eigenvalue weighted by atomic mass is 9.93. The van der Waals surface area contributed by atoms with Crippen LogP contribution in [0.15, 0.2) is 18.2 Å². The minimum absolute atomic E-state index is 0.157. The second kappa shape index (κ2) is 6.03. The molecule has 0 aromatic heterocycles. The van der Waals surface area contributed by atoms with Gasteiger partial charge < -0.3 is 0 Å². The Morgan fingerprint density at radius 1 is 1.33 bits per heavy atom. The predicted octanol–water partition coefficient (Wildman–Crippen LogP) is 4.12. The molecule has 0 amide bonds. The SMILES string of the molecule is Cc1ccc(F)cc1CN(C)C1CCCCC1Cl. The molecule has 3 heteroatoms. The van der Waals surface area contributed by atoms with E-state index in [9.17, 15) is 4.39 Å². The Balaban J connectivity index is 2.05. The maximum absolute atomic E-state index is 13.3. The number of rotatable bonds is 3. The molecule has 1 aliphatic rings. The van der Waals surface area contributed by atoms with E-state index in [0.717, 1.165) is 30.5 Å². The minimum atomic E-state index is -0.157. The molecule has 2 atom stereocenters. The van der Waals surface area contributed by atoms with Gasteiger partial charge in [-0.15, -0.1) is 11.6 Å². The summed E-state index contributed by atoms with van der Waals surface area (Å²) in [5.74, 6) is -0.157. The van der Waals surface area contributed by atoms with Crippen LogP contribution in [0.2, 0.25) is 0 Å². The van der Waals surface area contributed by atoms with E-state index in [2.05, 4.69) is 11.9 Å². The second-order valence-corrected chi connectivity index (χ2v) is 5.91. The van der Waals surface area contributed by atoms with Crippen LogP contribution in [0.1, 0.15) is 36.8 Å². The molecule has 1 aromatic rings. The van der Waals surface area contributed by atoms with Gasteiger partial charge in [0.15, 0.2) is 0 Å². The number of hydrogen-bond donors (Lipinski definition) is 0. The van der Waals surface area contributed by atoms with Crippen LogP contribution in [0.4, 0.5) is 4.39 Å². The molecule has 100 valence electrons. The zero-order chi connectivity index (χ0) is 13.1. The van der Waals surface area contributed by atoms with Gasteiger partial charge in [0.25, 0.3) is 0 Å². The van der Waals surface area contributed by atoms with Gasteiger partial charge in [0, 0.05) is 18.0 Å². The Bertz CT molecular complexity index is 407. The molecule has 0 radical (unpaired) electrons. The number of halogens is 2. The molecule has 1 aromatic carbocycles. The summed E-state index contributed by atoms with van der Waals surface area (Å²) in [5.41, 5.74) is 2.21. The molecule has 0 heterocycles. The smallest absolute Gasteiger partial charge is 0.123 e. The summed E-state index contributed by atoms with van der Waals surface area (Å²) < 4.78 is 13.3. The normalized spacial score (nSPS) is 24.5. The van der Waals surface area contributed by atoms with Crippen molar-refractivity contribution in [1.29, 1.82) is 0 Å². The van der Waals surface area contributed by atoms with E-state index in [4.69, 9.17) is 11.6 Å². The van der Waals surface area contributed by atoms with Crippen LogP contribution in [-0.2, 0) is 6.54 Å². The second-order valence-electron chi connectivity index (χ2n) is 5.35. The standard InChI is InChI=1S/C15H21ClFN/c1-11-7-8-13(17)9-12(11)10-18(2)15-6-4-3-5-14(15)16/h7-9,14-15H,3-6,10H2,1-2H3. The largest absolute Gasteiger partial charge is 0.298 e. The summed E-state index contributed by atoms with van der Waals surface area (Å²) in [6, 6.07) is 5.42. The molecule has 1 fully saturated rings. The van der Waals surface area contributed by atoms with Gasteiger partial charge in [0.05, 0.1) is 0 Å². The van der Waals surface area contributed by atoms with Crippen molar-refractivity contribution >= 4 is 11.6 Å². The van der Waals surface area contributed by atoms with Crippen molar-refractivity contribution in [3.63, 3.8) is 0 Å².